The molecule has 21 heavy (non-hydrogen) atoms. The quantitative estimate of drug-likeness (QED) is 0.747. The molecular formula is C17H29N3O. The Labute approximate surface area is 128 Å². The van der Waals surface area contributed by atoms with Gasteiger partial charge in [0.25, 0.3) is 0 Å². The standard InChI is InChI=1S/C17H29N3O/c1-3-10-18-12-15-7-5-8-16(19-15)13-20-11-6-9-17(14-20)21-4-2/h5,7-8,17-18H,3-4,6,9-14H2,1-2H3. The van der Waals surface area contributed by atoms with E-state index in [1.54, 1.807) is 0 Å². The number of aromatic nitrogens is 1. The van der Waals surface area contributed by atoms with Crippen LogP contribution in [0, 0.1) is 0 Å². The fraction of sp³-hybridized carbons (Fsp3) is 0.706. The van der Waals surface area contributed by atoms with E-state index >= 15 is 0 Å². The van der Waals surface area contributed by atoms with Gasteiger partial charge in [0.2, 0.25) is 0 Å². The number of rotatable bonds is 8. The summed E-state index contributed by atoms with van der Waals surface area (Å²) in [7, 11) is 0. The Morgan fingerprint density at radius 1 is 1.33 bits per heavy atom. The Balaban J connectivity index is 1.85. The molecule has 1 N–H and O–H groups in total. The van der Waals surface area contributed by atoms with E-state index in [1.165, 1.54) is 18.5 Å². The van der Waals surface area contributed by atoms with Gasteiger partial charge in [-0.3, -0.25) is 9.88 Å². The van der Waals surface area contributed by atoms with Gasteiger partial charge in [0, 0.05) is 26.2 Å². The minimum atomic E-state index is 0.401. The van der Waals surface area contributed by atoms with E-state index < -0.39 is 0 Å². The van der Waals surface area contributed by atoms with E-state index in [1.807, 2.05) is 0 Å². The fourth-order valence-corrected chi connectivity index (χ4v) is 2.87. The highest BCUT2D eigenvalue weighted by Gasteiger charge is 2.20. The van der Waals surface area contributed by atoms with Crippen LogP contribution in [0.15, 0.2) is 18.2 Å². The Hall–Kier alpha value is -0.970. The van der Waals surface area contributed by atoms with Gasteiger partial charge >= 0.3 is 0 Å². The topological polar surface area (TPSA) is 37.4 Å². The van der Waals surface area contributed by atoms with Gasteiger partial charge in [0.15, 0.2) is 0 Å². The lowest BCUT2D eigenvalue weighted by Gasteiger charge is -2.32. The third kappa shape index (κ3) is 5.73. The second-order valence-corrected chi connectivity index (χ2v) is 5.75. The Morgan fingerprint density at radius 2 is 2.19 bits per heavy atom. The zero-order valence-corrected chi connectivity index (χ0v) is 13.5. The Bertz CT molecular complexity index is 409. The van der Waals surface area contributed by atoms with Crippen molar-refractivity contribution >= 4 is 0 Å². The van der Waals surface area contributed by atoms with E-state index in [4.69, 9.17) is 9.72 Å². The van der Waals surface area contributed by atoms with Crippen LogP contribution in [0.2, 0.25) is 0 Å². The molecule has 0 bridgehead atoms. The van der Waals surface area contributed by atoms with Crippen molar-refractivity contribution < 1.29 is 4.74 Å². The van der Waals surface area contributed by atoms with Crippen molar-refractivity contribution in [1.29, 1.82) is 0 Å². The summed E-state index contributed by atoms with van der Waals surface area (Å²) < 4.78 is 5.77. The molecule has 1 aliphatic rings. The SMILES string of the molecule is CCCNCc1cccc(CN2CCCC(OCC)C2)n1. The van der Waals surface area contributed by atoms with Crippen LogP contribution in [-0.4, -0.2) is 42.2 Å². The molecule has 4 nitrogen and oxygen atoms in total. The second-order valence-electron chi connectivity index (χ2n) is 5.75. The average Bonchev–Trinajstić information content (AvgIpc) is 2.49. The molecule has 2 heterocycles. The first kappa shape index (κ1) is 16.4. The fourth-order valence-electron chi connectivity index (χ4n) is 2.87. The van der Waals surface area contributed by atoms with Crippen molar-refractivity contribution in [1.82, 2.24) is 15.2 Å². The van der Waals surface area contributed by atoms with E-state index in [0.29, 0.717) is 6.10 Å². The Kier molecular flexibility index (Phi) is 7.13. The zero-order chi connectivity index (χ0) is 14.9. The van der Waals surface area contributed by atoms with Crippen molar-refractivity contribution in [2.75, 3.05) is 26.2 Å². The maximum Gasteiger partial charge on any atom is 0.0702 e. The third-order valence-electron chi connectivity index (χ3n) is 3.85. The number of pyridine rings is 1. The molecule has 1 unspecified atom stereocenters. The highest BCUT2D eigenvalue weighted by Crippen LogP contribution is 2.15. The van der Waals surface area contributed by atoms with Gasteiger partial charge in [-0.1, -0.05) is 13.0 Å². The molecule has 0 amide bonds. The van der Waals surface area contributed by atoms with Crippen molar-refractivity contribution in [2.45, 2.75) is 52.3 Å². The van der Waals surface area contributed by atoms with Gasteiger partial charge < -0.3 is 10.1 Å². The van der Waals surface area contributed by atoms with Gasteiger partial charge in [-0.25, -0.2) is 0 Å². The van der Waals surface area contributed by atoms with Crippen LogP contribution < -0.4 is 5.32 Å². The molecule has 1 aromatic rings. The van der Waals surface area contributed by atoms with Crippen LogP contribution in [0.1, 0.15) is 44.5 Å². The van der Waals surface area contributed by atoms with Crippen LogP contribution in [-0.2, 0) is 17.8 Å². The predicted octanol–water partition coefficient (Wildman–Crippen LogP) is 2.58. The van der Waals surface area contributed by atoms with E-state index in [0.717, 1.165) is 51.4 Å². The molecule has 0 aromatic carbocycles. The molecule has 0 radical (unpaired) electrons. The molecule has 1 aromatic heterocycles. The maximum atomic E-state index is 5.77. The van der Waals surface area contributed by atoms with Crippen LogP contribution in [0.3, 0.4) is 0 Å². The van der Waals surface area contributed by atoms with Gasteiger partial charge in [0.1, 0.15) is 0 Å². The molecule has 1 fully saturated rings. The first-order valence-corrected chi connectivity index (χ1v) is 8.31. The zero-order valence-electron chi connectivity index (χ0n) is 13.5. The first-order chi connectivity index (χ1) is 10.3. The normalized spacial score (nSPS) is 19.8. The number of ether oxygens (including phenoxy) is 1. The number of nitrogens with zero attached hydrogens (tertiary/aromatic N) is 2. The molecular weight excluding hydrogens is 262 g/mol. The lowest BCUT2D eigenvalue weighted by Crippen LogP contribution is -2.39. The maximum absolute atomic E-state index is 5.77. The van der Waals surface area contributed by atoms with Crippen molar-refractivity contribution in [2.24, 2.45) is 0 Å². The summed E-state index contributed by atoms with van der Waals surface area (Å²) in [6.07, 6.45) is 3.98. The van der Waals surface area contributed by atoms with Crippen LogP contribution >= 0.6 is 0 Å². The average molecular weight is 291 g/mol. The smallest absolute Gasteiger partial charge is 0.0702 e. The summed E-state index contributed by atoms with van der Waals surface area (Å²) in [5.74, 6) is 0. The lowest BCUT2D eigenvalue weighted by atomic mass is 10.1. The second kappa shape index (κ2) is 9.13. The number of hydrogen-bond acceptors (Lipinski definition) is 4. The number of hydrogen-bond donors (Lipinski definition) is 1. The molecule has 0 aliphatic carbocycles. The monoisotopic (exact) mass is 291 g/mol. The van der Waals surface area contributed by atoms with E-state index in [2.05, 4.69) is 42.3 Å². The summed E-state index contributed by atoms with van der Waals surface area (Å²) in [4.78, 5) is 7.23. The molecule has 1 saturated heterocycles. The molecule has 0 spiro atoms. The molecule has 118 valence electrons. The highest BCUT2D eigenvalue weighted by molar-refractivity contribution is 5.11. The Morgan fingerprint density at radius 3 is 3.00 bits per heavy atom. The third-order valence-corrected chi connectivity index (χ3v) is 3.85. The van der Waals surface area contributed by atoms with Crippen molar-refractivity contribution in [3.8, 4) is 0 Å². The summed E-state index contributed by atoms with van der Waals surface area (Å²) in [5.41, 5.74) is 2.31. The molecule has 1 atom stereocenters. The van der Waals surface area contributed by atoms with Crippen LogP contribution in [0.5, 0.6) is 0 Å². The van der Waals surface area contributed by atoms with Gasteiger partial charge in [-0.05, 0) is 51.4 Å². The van der Waals surface area contributed by atoms with Crippen molar-refractivity contribution in [3.05, 3.63) is 29.6 Å². The summed E-state index contributed by atoms with van der Waals surface area (Å²) >= 11 is 0. The largest absolute Gasteiger partial charge is 0.377 e. The molecule has 1 aliphatic heterocycles. The lowest BCUT2D eigenvalue weighted by molar-refractivity contribution is 0.00330. The summed E-state index contributed by atoms with van der Waals surface area (Å²) in [6, 6.07) is 6.36. The van der Waals surface area contributed by atoms with Crippen LogP contribution in [0.25, 0.3) is 0 Å². The molecule has 2 rings (SSSR count). The van der Waals surface area contributed by atoms with Crippen LogP contribution in [0.4, 0.5) is 0 Å². The van der Waals surface area contributed by atoms with E-state index in [9.17, 15) is 0 Å². The number of nitrogens with one attached hydrogen (secondary N) is 1. The van der Waals surface area contributed by atoms with Gasteiger partial charge in [-0.15, -0.1) is 0 Å². The molecule has 4 heteroatoms. The predicted molar refractivity (Wildman–Crippen MR) is 86.2 cm³/mol. The highest BCUT2D eigenvalue weighted by atomic mass is 16.5. The van der Waals surface area contributed by atoms with E-state index in [-0.39, 0.29) is 0 Å². The minimum absolute atomic E-state index is 0.401. The molecule has 0 saturated carbocycles. The minimum Gasteiger partial charge on any atom is -0.377 e. The number of likely N-dealkylation sites (tertiary alicyclic amines) is 1. The van der Waals surface area contributed by atoms with Gasteiger partial charge in [0.05, 0.1) is 17.5 Å². The van der Waals surface area contributed by atoms with Gasteiger partial charge in [-0.2, -0.15) is 0 Å². The number of piperidine rings is 1. The first-order valence-electron chi connectivity index (χ1n) is 8.31. The summed E-state index contributed by atoms with van der Waals surface area (Å²) in [6.45, 7) is 10.1. The van der Waals surface area contributed by atoms with Crippen molar-refractivity contribution in [3.63, 3.8) is 0 Å². The summed E-state index contributed by atoms with van der Waals surface area (Å²) in [5, 5.41) is 3.41.